The molecule has 0 amide bonds. The van der Waals surface area contributed by atoms with Crippen molar-refractivity contribution in [2.75, 3.05) is 7.11 Å². The van der Waals surface area contributed by atoms with Gasteiger partial charge in [-0.1, -0.05) is 36.4 Å². The highest BCUT2D eigenvalue weighted by atomic mass is 16.5. The molecule has 2 nitrogen and oxygen atoms in total. The maximum absolute atomic E-state index is 9.38. The van der Waals surface area contributed by atoms with Crippen LogP contribution in [0, 0.1) is 18.3 Å². The summed E-state index contributed by atoms with van der Waals surface area (Å²) in [5, 5.41) is 9.38. The molecule has 0 aliphatic carbocycles. The molecule has 2 rings (SSSR count). The Labute approximate surface area is 114 Å². The lowest BCUT2D eigenvalue weighted by molar-refractivity contribution is 0.414. The zero-order valence-electron chi connectivity index (χ0n) is 11.3. The average Bonchev–Trinajstić information content (AvgIpc) is 2.47. The van der Waals surface area contributed by atoms with E-state index in [4.69, 9.17) is 4.74 Å². The summed E-state index contributed by atoms with van der Waals surface area (Å²) in [5.41, 5.74) is 3.49. The molecule has 1 unspecified atom stereocenters. The summed E-state index contributed by atoms with van der Waals surface area (Å²) in [7, 11) is 1.64. The van der Waals surface area contributed by atoms with Crippen molar-refractivity contribution in [3.63, 3.8) is 0 Å². The van der Waals surface area contributed by atoms with Gasteiger partial charge in [0, 0.05) is 0 Å². The number of hydrogen-bond acceptors (Lipinski definition) is 2. The van der Waals surface area contributed by atoms with Crippen LogP contribution in [0.1, 0.15) is 22.6 Å². The molecule has 1 atom stereocenters. The fourth-order valence-electron chi connectivity index (χ4n) is 2.13. The Morgan fingerprint density at radius 2 is 1.79 bits per heavy atom. The first-order chi connectivity index (χ1) is 9.24. The maximum Gasteiger partial charge on any atom is 0.118 e. The van der Waals surface area contributed by atoms with Crippen molar-refractivity contribution in [3.8, 4) is 11.8 Å². The summed E-state index contributed by atoms with van der Waals surface area (Å²) in [6.07, 6.45) is 0.746. The number of aryl methyl sites for hydroxylation is 1. The Balaban J connectivity index is 2.21. The van der Waals surface area contributed by atoms with Crippen molar-refractivity contribution >= 4 is 0 Å². The second kappa shape index (κ2) is 6.06. The van der Waals surface area contributed by atoms with Crippen molar-refractivity contribution in [1.29, 1.82) is 5.26 Å². The van der Waals surface area contributed by atoms with Crippen LogP contribution in [0.3, 0.4) is 0 Å². The highest BCUT2D eigenvalue weighted by Crippen LogP contribution is 2.24. The van der Waals surface area contributed by atoms with Crippen LogP contribution in [0.15, 0.2) is 48.5 Å². The highest BCUT2D eigenvalue weighted by Gasteiger charge is 2.12. The predicted molar refractivity (Wildman–Crippen MR) is 76.2 cm³/mol. The molecule has 0 spiro atoms. The molecular formula is C17H17NO. The Hall–Kier alpha value is -2.27. The average molecular weight is 251 g/mol. The van der Waals surface area contributed by atoms with Crippen LogP contribution in [0.4, 0.5) is 0 Å². The molecule has 0 aliphatic rings. The molecule has 96 valence electrons. The molecule has 2 aromatic carbocycles. The Morgan fingerprint density at radius 3 is 2.37 bits per heavy atom. The van der Waals surface area contributed by atoms with Crippen LogP contribution < -0.4 is 4.74 Å². The van der Waals surface area contributed by atoms with Gasteiger partial charge in [0.15, 0.2) is 0 Å². The number of nitrogens with zero attached hydrogens (tertiary/aromatic N) is 1. The Bertz CT molecular complexity index is 581. The fraction of sp³-hybridized carbons (Fsp3) is 0.235. The largest absolute Gasteiger partial charge is 0.497 e. The number of hydrogen-bond donors (Lipinski definition) is 0. The molecule has 0 heterocycles. The van der Waals surface area contributed by atoms with E-state index < -0.39 is 0 Å². The van der Waals surface area contributed by atoms with Crippen LogP contribution in [-0.2, 0) is 6.42 Å². The topological polar surface area (TPSA) is 33.0 Å². The Morgan fingerprint density at radius 1 is 1.11 bits per heavy atom. The van der Waals surface area contributed by atoms with Crippen LogP contribution >= 0.6 is 0 Å². The molecule has 2 heteroatoms. The molecular weight excluding hydrogens is 234 g/mol. The summed E-state index contributed by atoms with van der Waals surface area (Å²) in [6.45, 7) is 2.08. The van der Waals surface area contributed by atoms with Crippen molar-refractivity contribution < 1.29 is 4.74 Å². The summed E-state index contributed by atoms with van der Waals surface area (Å²) >= 11 is 0. The van der Waals surface area contributed by atoms with Crippen molar-refractivity contribution in [3.05, 3.63) is 65.2 Å². The minimum absolute atomic E-state index is 0.119. The number of nitriles is 1. The lowest BCUT2D eigenvalue weighted by Gasteiger charge is -2.12. The van der Waals surface area contributed by atoms with E-state index in [0.29, 0.717) is 0 Å². The summed E-state index contributed by atoms with van der Waals surface area (Å²) < 4.78 is 5.14. The lowest BCUT2D eigenvalue weighted by atomic mass is 9.91. The summed E-state index contributed by atoms with van der Waals surface area (Å²) in [5.74, 6) is 0.698. The molecule has 0 aliphatic heterocycles. The van der Waals surface area contributed by atoms with Gasteiger partial charge in [-0.15, -0.1) is 0 Å². The fourth-order valence-corrected chi connectivity index (χ4v) is 2.13. The predicted octanol–water partition coefficient (Wildman–Crippen LogP) is 3.85. The van der Waals surface area contributed by atoms with Gasteiger partial charge in [0.05, 0.1) is 19.1 Å². The quantitative estimate of drug-likeness (QED) is 0.826. The second-order valence-electron chi connectivity index (χ2n) is 4.59. The number of ether oxygens (including phenoxy) is 1. The molecule has 2 aromatic rings. The van der Waals surface area contributed by atoms with Gasteiger partial charge in [-0.05, 0) is 42.2 Å². The maximum atomic E-state index is 9.38. The Kier molecular flexibility index (Phi) is 4.20. The van der Waals surface area contributed by atoms with E-state index in [2.05, 4.69) is 25.1 Å². The molecule has 0 aromatic heterocycles. The standard InChI is InChI=1S/C17H17NO/c1-13-5-3-4-6-15(13)11-16(12-18)14-7-9-17(19-2)10-8-14/h3-10,16H,11H2,1-2H3. The van der Waals surface area contributed by atoms with Gasteiger partial charge >= 0.3 is 0 Å². The first kappa shape index (κ1) is 13.2. The second-order valence-corrected chi connectivity index (χ2v) is 4.59. The van der Waals surface area contributed by atoms with Crippen LogP contribution in [-0.4, -0.2) is 7.11 Å². The minimum Gasteiger partial charge on any atom is -0.497 e. The molecule has 0 N–H and O–H groups in total. The zero-order valence-corrected chi connectivity index (χ0v) is 11.3. The molecule has 19 heavy (non-hydrogen) atoms. The third-order valence-corrected chi connectivity index (χ3v) is 3.36. The van der Waals surface area contributed by atoms with E-state index in [-0.39, 0.29) is 5.92 Å². The SMILES string of the molecule is COc1ccc(C(C#N)Cc2ccccc2C)cc1. The van der Waals surface area contributed by atoms with Crippen LogP contribution in [0.2, 0.25) is 0 Å². The molecule has 0 fully saturated rings. The monoisotopic (exact) mass is 251 g/mol. The van der Waals surface area contributed by atoms with Gasteiger partial charge in [0.2, 0.25) is 0 Å². The number of methoxy groups -OCH3 is 1. The lowest BCUT2D eigenvalue weighted by Crippen LogP contribution is -2.02. The first-order valence-electron chi connectivity index (χ1n) is 6.32. The van der Waals surface area contributed by atoms with Gasteiger partial charge in [0.25, 0.3) is 0 Å². The van der Waals surface area contributed by atoms with E-state index in [1.165, 1.54) is 11.1 Å². The minimum atomic E-state index is -0.119. The molecule has 0 saturated heterocycles. The van der Waals surface area contributed by atoms with Crippen molar-refractivity contribution in [2.45, 2.75) is 19.3 Å². The third kappa shape index (κ3) is 3.14. The summed E-state index contributed by atoms with van der Waals surface area (Å²) in [6, 6.07) is 18.3. The number of rotatable bonds is 4. The molecule has 0 bridgehead atoms. The van der Waals surface area contributed by atoms with Gasteiger partial charge in [-0.3, -0.25) is 0 Å². The van der Waals surface area contributed by atoms with Crippen LogP contribution in [0.25, 0.3) is 0 Å². The van der Waals surface area contributed by atoms with Gasteiger partial charge in [-0.25, -0.2) is 0 Å². The third-order valence-electron chi connectivity index (χ3n) is 3.36. The molecule has 0 radical (unpaired) electrons. The number of benzene rings is 2. The van der Waals surface area contributed by atoms with E-state index in [9.17, 15) is 5.26 Å². The van der Waals surface area contributed by atoms with Crippen molar-refractivity contribution in [2.24, 2.45) is 0 Å². The van der Waals surface area contributed by atoms with Gasteiger partial charge < -0.3 is 4.74 Å². The highest BCUT2D eigenvalue weighted by molar-refractivity contribution is 5.35. The van der Waals surface area contributed by atoms with Crippen LogP contribution in [0.5, 0.6) is 5.75 Å². The van der Waals surface area contributed by atoms with E-state index in [0.717, 1.165) is 17.7 Å². The normalized spacial score (nSPS) is 11.6. The van der Waals surface area contributed by atoms with E-state index in [1.54, 1.807) is 7.11 Å². The molecule has 0 saturated carbocycles. The van der Waals surface area contributed by atoms with E-state index in [1.807, 2.05) is 36.4 Å². The first-order valence-corrected chi connectivity index (χ1v) is 6.32. The van der Waals surface area contributed by atoms with E-state index >= 15 is 0 Å². The van der Waals surface area contributed by atoms with Gasteiger partial charge in [-0.2, -0.15) is 5.26 Å². The van der Waals surface area contributed by atoms with Crippen molar-refractivity contribution in [1.82, 2.24) is 0 Å². The smallest absolute Gasteiger partial charge is 0.118 e. The van der Waals surface area contributed by atoms with Gasteiger partial charge in [0.1, 0.15) is 5.75 Å². The summed E-state index contributed by atoms with van der Waals surface area (Å²) in [4.78, 5) is 0. The zero-order chi connectivity index (χ0) is 13.7.